The summed E-state index contributed by atoms with van der Waals surface area (Å²) in [6, 6.07) is 1.48. The smallest absolute Gasteiger partial charge is 0.252 e. The molecule has 5 nitrogen and oxygen atoms in total. The molecule has 94 valence electrons. The number of hydrogen-bond donors (Lipinski definition) is 3. The van der Waals surface area contributed by atoms with E-state index in [0.29, 0.717) is 18.1 Å². The summed E-state index contributed by atoms with van der Waals surface area (Å²) in [7, 11) is 0. The predicted octanol–water partition coefficient (Wildman–Crippen LogP) is 0.907. The standard InChI is InChI=1S/C12H19N3O2/c1-2-9-14-10(7-11(17)15-9)13-8-12(3-4-12)5-6-16/h7,16H,2-6,8H2,1H3,(H2,13,14,15,17). The lowest BCUT2D eigenvalue weighted by molar-refractivity contribution is 0.253. The summed E-state index contributed by atoms with van der Waals surface area (Å²) >= 11 is 0. The van der Waals surface area contributed by atoms with Crippen LogP contribution in [0.2, 0.25) is 0 Å². The molecule has 1 heterocycles. The Labute approximate surface area is 100 Å². The number of rotatable bonds is 6. The minimum Gasteiger partial charge on any atom is -0.396 e. The highest BCUT2D eigenvalue weighted by Gasteiger charge is 2.41. The third kappa shape index (κ3) is 3.06. The largest absolute Gasteiger partial charge is 0.396 e. The number of H-pyrrole nitrogens is 1. The molecule has 2 rings (SSSR count). The lowest BCUT2D eigenvalue weighted by Gasteiger charge is -2.15. The second-order valence-electron chi connectivity index (χ2n) is 4.76. The molecule has 1 saturated carbocycles. The van der Waals surface area contributed by atoms with Crippen molar-refractivity contribution in [2.45, 2.75) is 32.6 Å². The van der Waals surface area contributed by atoms with Crippen LogP contribution in [-0.4, -0.2) is 28.2 Å². The molecule has 3 N–H and O–H groups in total. The molecule has 0 saturated heterocycles. The van der Waals surface area contributed by atoms with E-state index in [-0.39, 0.29) is 17.6 Å². The molecule has 0 amide bonds. The minimum atomic E-state index is -0.119. The Kier molecular flexibility index (Phi) is 3.47. The first-order valence-corrected chi connectivity index (χ1v) is 6.12. The van der Waals surface area contributed by atoms with Gasteiger partial charge in [-0.2, -0.15) is 0 Å². The van der Waals surface area contributed by atoms with E-state index in [1.54, 1.807) is 0 Å². The van der Waals surface area contributed by atoms with Crippen LogP contribution >= 0.6 is 0 Å². The fourth-order valence-electron chi connectivity index (χ4n) is 1.97. The van der Waals surface area contributed by atoms with Crippen LogP contribution in [-0.2, 0) is 6.42 Å². The van der Waals surface area contributed by atoms with Crippen LogP contribution in [0.25, 0.3) is 0 Å². The predicted molar refractivity (Wildman–Crippen MR) is 66.1 cm³/mol. The summed E-state index contributed by atoms with van der Waals surface area (Å²) in [6.45, 7) is 2.97. The van der Waals surface area contributed by atoms with Gasteiger partial charge in [0.1, 0.15) is 11.6 Å². The Morgan fingerprint density at radius 1 is 1.59 bits per heavy atom. The van der Waals surface area contributed by atoms with Gasteiger partial charge in [0.2, 0.25) is 0 Å². The van der Waals surface area contributed by atoms with Crippen LogP contribution in [0.15, 0.2) is 10.9 Å². The van der Waals surface area contributed by atoms with E-state index in [0.717, 1.165) is 25.8 Å². The second-order valence-corrected chi connectivity index (χ2v) is 4.76. The van der Waals surface area contributed by atoms with Crippen molar-refractivity contribution in [3.05, 3.63) is 22.2 Å². The molecule has 0 aliphatic heterocycles. The molecule has 1 aliphatic rings. The van der Waals surface area contributed by atoms with E-state index in [4.69, 9.17) is 5.11 Å². The van der Waals surface area contributed by atoms with Gasteiger partial charge in [0.05, 0.1) is 0 Å². The van der Waals surface area contributed by atoms with E-state index >= 15 is 0 Å². The summed E-state index contributed by atoms with van der Waals surface area (Å²) in [5, 5.41) is 12.2. The molecular formula is C12H19N3O2. The van der Waals surface area contributed by atoms with Crippen molar-refractivity contribution in [1.29, 1.82) is 0 Å². The SMILES string of the molecule is CCc1nc(NCC2(CCO)CC2)cc(=O)[nH]1. The third-order valence-corrected chi connectivity index (χ3v) is 3.37. The number of aliphatic hydroxyl groups excluding tert-OH is 1. The van der Waals surface area contributed by atoms with Crippen molar-refractivity contribution in [2.24, 2.45) is 5.41 Å². The quantitative estimate of drug-likeness (QED) is 0.687. The van der Waals surface area contributed by atoms with Gasteiger partial charge in [-0.25, -0.2) is 4.98 Å². The monoisotopic (exact) mass is 237 g/mol. The summed E-state index contributed by atoms with van der Waals surface area (Å²) < 4.78 is 0. The van der Waals surface area contributed by atoms with Gasteiger partial charge in [0.15, 0.2) is 0 Å². The summed E-state index contributed by atoms with van der Waals surface area (Å²) in [4.78, 5) is 18.4. The molecule has 1 aromatic heterocycles. The Bertz CT molecular complexity index is 438. The lowest BCUT2D eigenvalue weighted by atomic mass is 10.0. The van der Waals surface area contributed by atoms with Gasteiger partial charge in [0.25, 0.3) is 5.56 Å². The average molecular weight is 237 g/mol. The van der Waals surface area contributed by atoms with Gasteiger partial charge in [-0.05, 0) is 24.7 Å². The van der Waals surface area contributed by atoms with Crippen LogP contribution in [0.4, 0.5) is 5.82 Å². The van der Waals surface area contributed by atoms with Gasteiger partial charge in [-0.15, -0.1) is 0 Å². The van der Waals surface area contributed by atoms with Crippen LogP contribution in [0.5, 0.6) is 0 Å². The Hall–Kier alpha value is -1.36. The van der Waals surface area contributed by atoms with E-state index in [1.165, 1.54) is 6.07 Å². The lowest BCUT2D eigenvalue weighted by Crippen LogP contribution is -2.20. The van der Waals surface area contributed by atoms with Crippen molar-refractivity contribution < 1.29 is 5.11 Å². The van der Waals surface area contributed by atoms with Crippen molar-refractivity contribution in [3.8, 4) is 0 Å². The van der Waals surface area contributed by atoms with Crippen molar-refractivity contribution in [2.75, 3.05) is 18.5 Å². The number of anilines is 1. The first-order valence-electron chi connectivity index (χ1n) is 6.12. The number of aryl methyl sites for hydroxylation is 1. The number of aliphatic hydroxyl groups is 1. The van der Waals surface area contributed by atoms with E-state index < -0.39 is 0 Å². The summed E-state index contributed by atoms with van der Waals surface area (Å²) in [5.74, 6) is 1.34. The molecule has 0 unspecified atom stereocenters. The maximum Gasteiger partial charge on any atom is 0.252 e. The first kappa shape index (κ1) is 12.1. The fraction of sp³-hybridized carbons (Fsp3) is 0.667. The Morgan fingerprint density at radius 3 is 2.94 bits per heavy atom. The minimum absolute atomic E-state index is 0.119. The second kappa shape index (κ2) is 4.87. The molecular weight excluding hydrogens is 218 g/mol. The van der Waals surface area contributed by atoms with Crippen molar-refractivity contribution in [1.82, 2.24) is 9.97 Å². The Balaban J connectivity index is 1.99. The number of aromatic amines is 1. The van der Waals surface area contributed by atoms with Gasteiger partial charge in [0, 0.05) is 25.6 Å². The number of nitrogens with zero attached hydrogens (tertiary/aromatic N) is 1. The number of nitrogens with one attached hydrogen (secondary N) is 2. The zero-order valence-electron chi connectivity index (χ0n) is 10.1. The molecule has 0 spiro atoms. The van der Waals surface area contributed by atoms with Gasteiger partial charge < -0.3 is 15.4 Å². The number of aromatic nitrogens is 2. The van der Waals surface area contributed by atoms with E-state index in [1.807, 2.05) is 6.92 Å². The van der Waals surface area contributed by atoms with Gasteiger partial charge >= 0.3 is 0 Å². The summed E-state index contributed by atoms with van der Waals surface area (Å²) in [5.41, 5.74) is 0.108. The van der Waals surface area contributed by atoms with Crippen molar-refractivity contribution in [3.63, 3.8) is 0 Å². The highest BCUT2D eigenvalue weighted by Crippen LogP contribution is 2.48. The van der Waals surface area contributed by atoms with E-state index in [9.17, 15) is 4.79 Å². The fourth-order valence-corrected chi connectivity index (χ4v) is 1.97. The molecule has 1 aliphatic carbocycles. The highest BCUT2D eigenvalue weighted by atomic mass is 16.3. The molecule has 0 radical (unpaired) electrons. The van der Waals surface area contributed by atoms with Gasteiger partial charge in [-0.1, -0.05) is 6.92 Å². The average Bonchev–Trinajstić information content (AvgIpc) is 3.07. The summed E-state index contributed by atoms with van der Waals surface area (Å²) in [6.07, 6.45) is 3.82. The van der Waals surface area contributed by atoms with E-state index in [2.05, 4.69) is 15.3 Å². The van der Waals surface area contributed by atoms with Crippen LogP contribution in [0.1, 0.15) is 32.0 Å². The van der Waals surface area contributed by atoms with Crippen LogP contribution < -0.4 is 10.9 Å². The molecule has 0 bridgehead atoms. The van der Waals surface area contributed by atoms with Crippen molar-refractivity contribution >= 4 is 5.82 Å². The molecule has 1 aromatic rings. The maximum atomic E-state index is 11.4. The highest BCUT2D eigenvalue weighted by molar-refractivity contribution is 5.33. The Morgan fingerprint density at radius 2 is 2.35 bits per heavy atom. The van der Waals surface area contributed by atoms with Gasteiger partial charge in [-0.3, -0.25) is 4.79 Å². The van der Waals surface area contributed by atoms with Crippen LogP contribution in [0.3, 0.4) is 0 Å². The topological polar surface area (TPSA) is 78.0 Å². The molecule has 0 aromatic carbocycles. The molecule has 5 heteroatoms. The molecule has 0 atom stereocenters. The normalized spacial score (nSPS) is 16.8. The number of hydrogen-bond acceptors (Lipinski definition) is 4. The molecule has 1 fully saturated rings. The molecule has 17 heavy (non-hydrogen) atoms. The first-order chi connectivity index (χ1) is 8.17. The zero-order chi connectivity index (χ0) is 12.3. The third-order valence-electron chi connectivity index (χ3n) is 3.37. The maximum absolute atomic E-state index is 11.4. The zero-order valence-corrected chi connectivity index (χ0v) is 10.1. The van der Waals surface area contributed by atoms with Crippen LogP contribution in [0, 0.1) is 5.41 Å².